The van der Waals surface area contributed by atoms with E-state index in [0.29, 0.717) is 39.9 Å². The molecule has 7 nitrogen and oxygen atoms in total. The van der Waals surface area contributed by atoms with Crippen LogP contribution in [0.3, 0.4) is 0 Å². The summed E-state index contributed by atoms with van der Waals surface area (Å²) < 4.78 is 5.58. The Morgan fingerprint density at radius 1 is 0.819 bits per heavy atom. The maximum Gasteiger partial charge on any atom is 0.227 e. The summed E-state index contributed by atoms with van der Waals surface area (Å²) in [6, 6.07) is 36.5. The molecule has 0 aromatic heterocycles. The number of nitriles is 1. The Morgan fingerprint density at radius 3 is 2.22 bits per heavy atom. The fourth-order valence-electron chi connectivity index (χ4n) is 12.3. The van der Waals surface area contributed by atoms with Gasteiger partial charge in [0.1, 0.15) is 5.75 Å². The molecule has 4 aromatic carbocycles. The molecule has 4 atom stereocenters. The normalized spacial score (nSPS) is 20.8. The Kier molecular flexibility index (Phi) is 22.9. The Bertz CT molecular complexity index is 2280. The van der Waals surface area contributed by atoms with Crippen molar-refractivity contribution in [2.45, 2.75) is 160 Å². The third kappa shape index (κ3) is 16.6. The van der Waals surface area contributed by atoms with Gasteiger partial charge in [0.2, 0.25) is 5.91 Å². The first-order chi connectivity index (χ1) is 34.7. The molecule has 0 bridgehead atoms. The van der Waals surface area contributed by atoms with Gasteiger partial charge in [-0.15, -0.1) is 0 Å². The van der Waals surface area contributed by atoms with E-state index in [9.17, 15) is 10.1 Å². The highest BCUT2D eigenvalue weighted by molar-refractivity contribution is 6.42. The highest BCUT2D eigenvalue weighted by atomic mass is 35.5. The number of fused-ring (bicyclic) bond motifs is 1. The number of likely N-dealkylation sites (N-methyl/N-ethyl adjacent to an activating group) is 2. The molecule has 392 valence electrons. The van der Waals surface area contributed by atoms with Crippen LogP contribution in [-0.2, 0) is 29.5 Å². The predicted octanol–water partition coefficient (Wildman–Crippen LogP) is 14.5. The summed E-state index contributed by atoms with van der Waals surface area (Å²) in [5.74, 6) is 2.32. The summed E-state index contributed by atoms with van der Waals surface area (Å²) in [6.07, 6.45) is 20.1. The highest BCUT2D eigenvalue weighted by Crippen LogP contribution is 2.40. The minimum atomic E-state index is -0.387. The Hall–Kier alpha value is -3.90. The second-order valence-corrected chi connectivity index (χ2v) is 23.5. The van der Waals surface area contributed by atoms with Crippen molar-refractivity contribution in [3.63, 3.8) is 0 Å². The van der Waals surface area contributed by atoms with Crippen molar-refractivity contribution in [2.75, 3.05) is 67.0 Å². The molecule has 72 heavy (non-hydrogen) atoms. The molecule has 1 amide bonds. The molecule has 4 aromatic rings. The number of carbonyl (C=O) groups is 1. The van der Waals surface area contributed by atoms with E-state index in [2.05, 4.69) is 116 Å². The summed E-state index contributed by atoms with van der Waals surface area (Å²) in [6.45, 7) is 17.5. The lowest BCUT2D eigenvalue weighted by Gasteiger charge is -2.42. The van der Waals surface area contributed by atoms with Crippen LogP contribution in [0.2, 0.25) is 10.0 Å². The van der Waals surface area contributed by atoms with Crippen LogP contribution in [0.4, 0.5) is 0 Å². The van der Waals surface area contributed by atoms with Gasteiger partial charge in [-0.3, -0.25) is 9.69 Å². The van der Waals surface area contributed by atoms with Crippen molar-refractivity contribution in [3.05, 3.63) is 135 Å². The minimum Gasteiger partial charge on any atom is -0.496 e. The Morgan fingerprint density at radius 2 is 1.54 bits per heavy atom. The van der Waals surface area contributed by atoms with Gasteiger partial charge in [0.15, 0.2) is 0 Å². The van der Waals surface area contributed by atoms with Gasteiger partial charge in [-0.1, -0.05) is 143 Å². The van der Waals surface area contributed by atoms with Crippen molar-refractivity contribution in [1.82, 2.24) is 19.6 Å². The van der Waals surface area contributed by atoms with E-state index in [1.54, 1.807) is 24.8 Å². The van der Waals surface area contributed by atoms with Crippen LogP contribution in [-0.4, -0.2) is 105 Å². The number of ether oxygens (including phenoxy) is 1. The van der Waals surface area contributed by atoms with Crippen LogP contribution in [0.15, 0.2) is 97.1 Å². The first kappa shape index (κ1) is 57.4. The van der Waals surface area contributed by atoms with E-state index in [1.165, 1.54) is 121 Å². The topological polar surface area (TPSA) is 63.1 Å². The number of piperidine rings is 1. The number of nitrogens with zero attached hydrogens (tertiary/aromatic N) is 5. The average molecular weight is 1020 g/mol. The molecule has 0 N–H and O–H groups in total. The van der Waals surface area contributed by atoms with Gasteiger partial charge in [-0.2, -0.15) is 5.26 Å². The number of benzene rings is 4. The molecule has 2 saturated heterocycles. The fraction of sp³-hybridized carbons (Fsp3) is 0.587. The lowest BCUT2D eigenvalue weighted by atomic mass is 9.70. The molecule has 2 aliphatic heterocycles. The van der Waals surface area contributed by atoms with E-state index < -0.39 is 0 Å². The van der Waals surface area contributed by atoms with Crippen molar-refractivity contribution in [2.24, 2.45) is 11.3 Å². The Balaban J connectivity index is 0.000000177. The number of halogens is 2. The molecule has 1 saturated carbocycles. The van der Waals surface area contributed by atoms with Crippen LogP contribution >= 0.6 is 23.2 Å². The predicted molar refractivity (Wildman–Crippen MR) is 303 cm³/mol. The smallest absolute Gasteiger partial charge is 0.227 e. The first-order valence-electron chi connectivity index (χ1n) is 27.7. The van der Waals surface area contributed by atoms with E-state index in [4.69, 9.17) is 27.9 Å². The van der Waals surface area contributed by atoms with Crippen molar-refractivity contribution in [1.29, 1.82) is 5.26 Å². The van der Waals surface area contributed by atoms with E-state index in [1.807, 2.05) is 36.2 Å². The molecule has 8 rings (SSSR count). The van der Waals surface area contributed by atoms with E-state index in [-0.39, 0.29) is 11.3 Å². The maximum absolute atomic E-state index is 12.8. The number of hydrogen-bond donors (Lipinski definition) is 0. The lowest BCUT2D eigenvalue weighted by molar-refractivity contribution is -0.133. The lowest BCUT2D eigenvalue weighted by Crippen LogP contribution is -2.53. The standard InChI is InChI=1S/C23H30N2.C21H33NO.C19H26Cl2N2O/c1-20(2)23(19-24,22-13-8-5-9-14-22)16-10-17-25(3)18-15-21-11-6-4-7-12-21;1-21(2)13-7-15-22(16-21)14-6-9-17-8-4-11-19-18(17)10-5-12-20(19)23-3;1-22(19(24)13-14-8-9-15(20)16(21)12-14)17-6-2-3-7-18(17)23-10-4-5-11-23/h4-9,11-14,20H,10,15-18H2,1-3H3;5,10,12,17H,4,6-9,11,13-16H2,1-3H3;8-9,12,17-18H,2-7,10-11,13H2,1H3/t23-;;17-,18-/m0.1/s1. The molecule has 0 spiro atoms. The maximum atomic E-state index is 12.8. The molecule has 9 heteroatoms. The Labute approximate surface area is 446 Å². The van der Waals surface area contributed by atoms with Gasteiger partial charge >= 0.3 is 0 Å². The van der Waals surface area contributed by atoms with E-state index in [0.717, 1.165) is 61.6 Å². The molecule has 1 unspecified atom stereocenters. The van der Waals surface area contributed by atoms with Crippen molar-refractivity contribution >= 4 is 29.1 Å². The first-order valence-corrected chi connectivity index (χ1v) is 28.5. The van der Waals surface area contributed by atoms with Crippen LogP contribution in [0.5, 0.6) is 5.75 Å². The van der Waals surface area contributed by atoms with Crippen LogP contribution in [0.1, 0.15) is 151 Å². The third-order valence-electron chi connectivity index (χ3n) is 16.6. The summed E-state index contributed by atoms with van der Waals surface area (Å²) in [4.78, 5) is 22.5. The van der Waals surface area contributed by atoms with Crippen LogP contribution < -0.4 is 4.74 Å². The van der Waals surface area contributed by atoms with Crippen LogP contribution in [0.25, 0.3) is 0 Å². The number of carbonyl (C=O) groups excluding carboxylic acids is 1. The zero-order chi connectivity index (χ0) is 51.5. The summed E-state index contributed by atoms with van der Waals surface area (Å²) in [7, 11) is 5.95. The van der Waals surface area contributed by atoms with Crippen LogP contribution in [0, 0.1) is 22.7 Å². The van der Waals surface area contributed by atoms with Crippen molar-refractivity contribution < 1.29 is 9.53 Å². The quantitative estimate of drug-likeness (QED) is 0.0990. The number of methoxy groups -OCH3 is 1. The van der Waals surface area contributed by atoms with Gasteiger partial charge in [0.05, 0.1) is 35.1 Å². The van der Waals surface area contributed by atoms with Crippen molar-refractivity contribution in [3.8, 4) is 11.8 Å². The van der Waals surface area contributed by atoms with E-state index >= 15 is 0 Å². The summed E-state index contributed by atoms with van der Waals surface area (Å²) >= 11 is 12.0. The minimum absolute atomic E-state index is 0.171. The average Bonchev–Trinajstić information content (AvgIpc) is 3.94. The highest BCUT2D eigenvalue weighted by Gasteiger charge is 2.37. The summed E-state index contributed by atoms with van der Waals surface area (Å²) in [5, 5.41) is 11.0. The third-order valence-corrected chi connectivity index (χ3v) is 17.3. The molecule has 2 aliphatic carbocycles. The molecule has 3 fully saturated rings. The van der Waals surface area contributed by atoms with Gasteiger partial charge in [-0.25, -0.2) is 0 Å². The second kappa shape index (κ2) is 28.7. The summed E-state index contributed by atoms with van der Waals surface area (Å²) in [5.41, 5.74) is 6.63. The number of rotatable bonds is 18. The van der Waals surface area contributed by atoms with Gasteiger partial charge < -0.3 is 19.4 Å². The molecule has 2 heterocycles. The molecular formula is C63H89Cl2N5O2. The largest absolute Gasteiger partial charge is 0.496 e. The van der Waals surface area contributed by atoms with Gasteiger partial charge in [-0.05, 0) is 193 Å². The molecule has 0 radical (unpaired) electrons. The number of hydrogen-bond acceptors (Lipinski definition) is 6. The van der Waals surface area contributed by atoms with Gasteiger partial charge in [0.25, 0.3) is 0 Å². The van der Waals surface area contributed by atoms with Gasteiger partial charge in [0, 0.05) is 32.2 Å². The zero-order valence-electron chi connectivity index (χ0n) is 45.3. The molecular weight excluding hydrogens is 930 g/mol. The number of amides is 1. The number of likely N-dealkylation sites (tertiary alicyclic amines) is 2. The zero-order valence-corrected chi connectivity index (χ0v) is 46.8. The second-order valence-electron chi connectivity index (χ2n) is 22.6. The molecule has 4 aliphatic rings. The fourth-order valence-corrected chi connectivity index (χ4v) is 12.7. The monoisotopic (exact) mass is 1020 g/mol. The SMILES string of the molecule is CC(C)[C@@](C#N)(CCCN(C)CCc1ccccc1)c1ccccc1.CN(C(=O)Cc1ccc(Cl)c(Cl)c1)[C@@H]1CCCC[C@H]1N1CCCC1.COc1cccc2c1CCCC2CCCN1CCCC(C)(C)C1.